The maximum absolute atomic E-state index is 9.31. The van der Waals surface area contributed by atoms with Crippen LogP contribution in [0.1, 0.15) is 16.9 Å². The first kappa shape index (κ1) is 17.4. The molecule has 2 N–H and O–H groups in total. The Morgan fingerprint density at radius 1 is 0.920 bits per heavy atom. The van der Waals surface area contributed by atoms with Crippen LogP contribution in [0.3, 0.4) is 0 Å². The van der Waals surface area contributed by atoms with Gasteiger partial charge in [-0.3, -0.25) is 15.7 Å². The first-order valence-electron chi connectivity index (χ1n) is 8.45. The summed E-state index contributed by atoms with van der Waals surface area (Å²) >= 11 is 1.75. The van der Waals surface area contributed by atoms with Gasteiger partial charge in [0.15, 0.2) is 0 Å². The lowest BCUT2D eigenvalue weighted by atomic mass is 10.1. The van der Waals surface area contributed by atoms with E-state index in [4.69, 9.17) is 0 Å². The molecule has 0 saturated heterocycles. The van der Waals surface area contributed by atoms with Crippen LogP contribution in [-0.2, 0) is 12.8 Å². The van der Waals surface area contributed by atoms with Gasteiger partial charge in [-0.2, -0.15) is 0 Å². The van der Waals surface area contributed by atoms with E-state index in [2.05, 4.69) is 58.3 Å². The zero-order valence-corrected chi connectivity index (χ0v) is 14.9. The van der Waals surface area contributed by atoms with Crippen LogP contribution in [0.15, 0.2) is 77.1 Å². The topological polar surface area (TPSA) is 44.6 Å². The van der Waals surface area contributed by atoms with Gasteiger partial charge in [0.2, 0.25) is 0 Å². The van der Waals surface area contributed by atoms with Crippen LogP contribution in [0.25, 0.3) is 11.1 Å². The lowest BCUT2D eigenvalue weighted by Gasteiger charge is -2.04. The summed E-state index contributed by atoms with van der Waals surface area (Å²) in [6, 6.07) is 22.9. The minimum absolute atomic E-state index is 0.644. The van der Waals surface area contributed by atoms with Gasteiger partial charge >= 0.3 is 0 Å². The highest BCUT2D eigenvalue weighted by molar-refractivity contribution is 7.10. The quantitative estimate of drug-likeness (QED) is 0.359. The fraction of sp³-hybridized carbons (Fsp3) is 0.190. The molecule has 2 aromatic carbocycles. The molecule has 0 aliphatic heterocycles. The SMILES string of the molecule is ONC(CCc1cc(-c2ccccc2)cs1)=NCCc1ccccc1. The zero-order valence-electron chi connectivity index (χ0n) is 14.1. The van der Waals surface area contributed by atoms with Gasteiger partial charge in [0.05, 0.1) is 0 Å². The Morgan fingerprint density at radius 2 is 1.64 bits per heavy atom. The number of rotatable bonds is 7. The molecule has 128 valence electrons. The van der Waals surface area contributed by atoms with Crippen molar-refractivity contribution in [3.63, 3.8) is 0 Å². The Morgan fingerprint density at radius 3 is 2.36 bits per heavy atom. The molecule has 25 heavy (non-hydrogen) atoms. The minimum Gasteiger partial charge on any atom is -0.290 e. The highest BCUT2D eigenvalue weighted by Gasteiger charge is 2.04. The van der Waals surface area contributed by atoms with E-state index < -0.39 is 0 Å². The number of hydroxylamine groups is 1. The van der Waals surface area contributed by atoms with Crippen LogP contribution in [-0.4, -0.2) is 17.6 Å². The second-order valence-electron chi connectivity index (χ2n) is 5.84. The van der Waals surface area contributed by atoms with Gasteiger partial charge in [-0.1, -0.05) is 60.7 Å². The molecule has 0 amide bonds. The van der Waals surface area contributed by atoms with Crippen molar-refractivity contribution in [2.45, 2.75) is 19.3 Å². The molecule has 0 fully saturated rings. The van der Waals surface area contributed by atoms with Crippen LogP contribution >= 0.6 is 11.3 Å². The predicted octanol–water partition coefficient (Wildman–Crippen LogP) is 4.97. The van der Waals surface area contributed by atoms with Gasteiger partial charge < -0.3 is 0 Å². The van der Waals surface area contributed by atoms with Gasteiger partial charge in [-0.05, 0) is 41.0 Å². The molecule has 0 atom stereocenters. The lowest BCUT2D eigenvalue weighted by molar-refractivity contribution is 0.231. The molecule has 1 heterocycles. The standard InChI is InChI=1S/C21H22N2OS/c24-23-21(22-14-13-17-7-3-1-4-8-17)12-11-20-15-19(16-25-20)18-9-5-2-6-10-18/h1-10,15-16,24H,11-14H2,(H,22,23). The molecule has 0 bridgehead atoms. The molecular weight excluding hydrogens is 328 g/mol. The molecule has 3 nitrogen and oxygen atoms in total. The molecule has 0 radical (unpaired) electrons. The predicted molar refractivity (Wildman–Crippen MR) is 105 cm³/mol. The summed E-state index contributed by atoms with van der Waals surface area (Å²) in [5.41, 5.74) is 6.00. The molecule has 3 rings (SSSR count). The van der Waals surface area contributed by atoms with Crippen molar-refractivity contribution in [3.8, 4) is 11.1 Å². The largest absolute Gasteiger partial charge is 0.290 e. The van der Waals surface area contributed by atoms with E-state index in [1.54, 1.807) is 11.3 Å². The first-order valence-corrected chi connectivity index (χ1v) is 9.33. The van der Waals surface area contributed by atoms with Crippen molar-refractivity contribution in [1.82, 2.24) is 5.48 Å². The van der Waals surface area contributed by atoms with Crippen molar-refractivity contribution in [2.75, 3.05) is 6.54 Å². The average Bonchev–Trinajstić information content (AvgIpc) is 3.15. The summed E-state index contributed by atoms with van der Waals surface area (Å²) in [6.07, 6.45) is 2.46. The number of nitrogens with zero attached hydrogens (tertiary/aromatic N) is 1. The average molecular weight is 350 g/mol. The molecule has 0 aliphatic carbocycles. The monoisotopic (exact) mass is 350 g/mol. The highest BCUT2D eigenvalue weighted by Crippen LogP contribution is 2.26. The minimum atomic E-state index is 0.644. The maximum atomic E-state index is 9.31. The number of aryl methyl sites for hydroxylation is 1. The number of hydrogen-bond acceptors (Lipinski definition) is 3. The van der Waals surface area contributed by atoms with Gasteiger partial charge in [-0.25, -0.2) is 0 Å². The molecule has 0 spiro atoms. The van der Waals surface area contributed by atoms with E-state index in [0.29, 0.717) is 18.8 Å². The Kier molecular flexibility index (Phi) is 6.37. The third-order valence-electron chi connectivity index (χ3n) is 4.04. The van der Waals surface area contributed by atoms with Crippen LogP contribution in [0.2, 0.25) is 0 Å². The van der Waals surface area contributed by atoms with Gasteiger partial charge in [0, 0.05) is 17.8 Å². The van der Waals surface area contributed by atoms with Crippen molar-refractivity contribution >= 4 is 17.2 Å². The fourth-order valence-electron chi connectivity index (χ4n) is 2.67. The Hall–Kier alpha value is -2.43. The normalized spacial score (nSPS) is 11.5. The lowest BCUT2D eigenvalue weighted by Crippen LogP contribution is -2.20. The Balaban J connectivity index is 1.52. The summed E-state index contributed by atoms with van der Waals surface area (Å²) in [6.45, 7) is 0.673. The maximum Gasteiger partial charge on any atom is 0.120 e. The van der Waals surface area contributed by atoms with E-state index in [1.807, 2.05) is 24.3 Å². The fourth-order valence-corrected chi connectivity index (χ4v) is 3.57. The first-order chi connectivity index (χ1) is 12.3. The van der Waals surface area contributed by atoms with Crippen molar-refractivity contribution in [1.29, 1.82) is 0 Å². The Bertz CT molecular complexity index is 797. The molecule has 4 heteroatoms. The van der Waals surface area contributed by atoms with E-state index >= 15 is 0 Å². The van der Waals surface area contributed by atoms with Crippen LogP contribution in [0.5, 0.6) is 0 Å². The highest BCUT2D eigenvalue weighted by atomic mass is 32.1. The number of amidine groups is 1. The third kappa shape index (κ3) is 5.28. The molecule has 3 aromatic rings. The van der Waals surface area contributed by atoms with E-state index in [0.717, 1.165) is 12.8 Å². The second kappa shape index (κ2) is 9.16. The van der Waals surface area contributed by atoms with Gasteiger partial charge in [0.25, 0.3) is 0 Å². The summed E-state index contributed by atoms with van der Waals surface area (Å²) in [5.74, 6) is 0.644. The van der Waals surface area contributed by atoms with Crippen molar-refractivity contribution in [3.05, 3.63) is 82.6 Å². The van der Waals surface area contributed by atoms with Crippen molar-refractivity contribution in [2.24, 2.45) is 4.99 Å². The number of aliphatic imine (C=N–C) groups is 1. The van der Waals surface area contributed by atoms with Gasteiger partial charge in [0.1, 0.15) is 5.84 Å². The summed E-state index contributed by atoms with van der Waals surface area (Å²) < 4.78 is 0. The molecule has 0 aliphatic rings. The Labute approximate surface area is 152 Å². The zero-order chi connectivity index (χ0) is 17.3. The van der Waals surface area contributed by atoms with Crippen LogP contribution in [0.4, 0.5) is 0 Å². The van der Waals surface area contributed by atoms with E-state index in [9.17, 15) is 5.21 Å². The third-order valence-corrected chi connectivity index (χ3v) is 5.04. The molecule has 0 saturated carbocycles. The summed E-state index contributed by atoms with van der Waals surface area (Å²) in [5, 5.41) is 11.5. The number of benzene rings is 2. The second-order valence-corrected chi connectivity index (χ2v) is 6.84. The number of hydrogen-bond donors (Lipinski definition) is 2. The van der Waals surface area contributed by atoms with Crippen LogP contribution < -0.4 is 5.48 Å². The molecule has 1 aromatic heterocycles. The van der Waals surface area contributed by atoms with Gasteiger partial charge in [-0.15, -0.1) is 11.3 Å². The van der Waals surface area contributed by atoms with Crippen molar-refractivity contribution < 1.29 is 5.21 Å². The van der Waals surface area contributed by atoms with E-state index in [1.165, 1.54) is 21.6 Å². The summed E-state index contributed by atoms with van der Waals surface area (Å²) in [7, 11) is 0. The summed E-state index contributed by atoms with van der Waals surface area (Å²) in [4.78, 5) is 5.77. The van der Waals surface area contributed by atoms with E-state index in [-0.39, 0.29) is 0 Å². The smallest absolute Gasteiger partial charge is 0.120 e. The molecule has 0 unspecified atom stereocenters. The molecular formula is C21H22N2OS. The number of nitrogens with one attached hydrogen (secondary N) is 1. The van der Waals surface area contributed by atoms with Crippen LogP contribution in [0, 0.1) is 0 Å². The number of thiophene rings is 1.